The van der Waals surface area contributed by atoms with Gasteiger partial charge in [0, 0.05) is 13.6 Å². The Morgan fingerprint density at radius 2 is 2.50 bits per heavy atom. The molecule has 0 spiro atoms. The Labute approximate surface area is 62.3 Å². The maximum Gasteiger partial charge on any atom is 0.0722 e. The summed E-state index contributed by atoms with van der Waals surface area (Å²) in [7, 11) is 3.96. The first-order chi connectivity index (χ1) is 4.83. The minimum Gasteiger partial charge on any atom is -0.306 e. The van der Waals surface area contributed by atoms with Crippen LogP contribution in [0.5, 0.6) is 0 Å². The third kappa shape index (κ3) is 2.25. The molecule has 1 saturated heterocycles. The molecule has 0 aromatic rings. The first-order valence-electron chi connectivity index (χ1n) is 3.80. The predicted octanol–water partition coefficient (Wildman–Crippen LogP) is 0.0891. The van der Waals surface area contributed by atoms with E-state index in [1.54, 1.807) is 7.05 Å². The van der Waals surface area contributed by atoms with Gasteiger partial charge in [0.15, 0.2) is 0 Å². The van der Waals surface area contributed by atoms with Crippen LogP contribution in [0, 0.1) is 5.92 Å². The smallest absolute Gasteiger partial charge is 0.0722 e. The molecule has 1 atom stereocenters. The first-order valence-corrected chi connectivity index (χ1v) is 3.80. The molecule has 0 aliphatic carbocycles. The van der Waals surface area contributed by atoms with Crippen LogP contribution >= 0.6 is 0 Å². The summed E-state index contributed by atoms with van der Waals surface area (Å²) < 4.78 is 0. The molecule has 0 amide bonds. The first kappa shape index (κ1) is 7.98. The molecule has 3 heteroatoms. The van der Waals surface area contributed by atoms with Gasteiger partial charge in [-0.3, -0.25) is 0 Å². The zero-order chi connectivity index (χ0) is 7.40. The molecule has 1 aliphatic heterocycles. The zero-order valence-corrected chi connectivity index (χ0v) is 6.76. The van der Waals surface area contributed by atoms with Gasteiger partial charge in [-0.2, -0.15) is 0 Å². The van der Waals surface area contributed by atoms with Gasteiger partial charge in [0.2, 0.25) is 0 Å². The van der Waals surface area contributed by atoms with Crippen LogP contribution in [0.1, 0.15) is 6.42 Å². The van der Waals surface area contributed by atoms with E-state index in [2.05, 4.69) is 17.4 Å². The summed E-state index contributed by atoms with van der Waals surface area (Å²) in [5.74, 6) is 0.734. The van der Waals surface area contributed by atoms with Crippen LogP contribution in [-0.2, 0) is 4.84 Å². The number of nitrogens with zero attached hydrogens (tertiary/aromatic N) is 1. The summed E-state index contributed by atoms with van der Waals surface area (Å²) in [5.41, 5.74) is 2.69. The molecule has 0 saturated carbocycles. The molecule has 0 aromatic heterocycles. The number of likely N-dealkylation sites (tertiary alicyclic amines) is 1. The van der Waals surface area contributed by atoms with E-state index in [1.807, 2.05) is 0 Å². The second kappa shape index (κ2) is 3.91. The van der Waals surface area contributed by atoms with Crippen molar-refractivity contribution in [1.29, 1.82) is 0 Å². The Balaban J connectivity index is 2.06. The summed E-state index contributed by atoms with van der Waals surface area (Å²) in [5, 5.41) is 0. The van der Waals surface area contributed by atoms with E-state index in [9.17, 15) is 0 Å². The van der Waals surface area contributed by atoms with Gasteiger partial charge in [0.1, 0.15) is 0 Å². The molecule has 10 heavy (non-hydrogen) atoms. The number of hydrogen-bond donors (Lipinski definition) is 1. The fourth-order valence-electron chi connectivity index (χ4n) is 1.36. The largest absolute Gasteiger partial charge is 0.306 e. The van der Waals surface area contributed by atoms with Crippen LogP contribution in [0.3, 0.4) is 0 Å². The molecular weight excluding hydrogens is 128 g/mol. The summed E-state index contributed by atoms with van der Waals surface area (Å²) >= 11 is 0. The van der Waals surface area contributed by atoms with Crippen molar-refractivity contribution in [3.05, 3.63) is 0 Å². The third-order valence-electron chi connectivity index (χ3n) is 1.95. The Morgan fingerprint density at radius 3 is 3.00 bits per heavy atom. The van der Waals surface area contributed by atoms with E-state index in [4.69, 9.17) is 4.84 Å². The van der Waals surface area contributed by atoms with Crippen molar-refractivity contribution >= 4 is 0 Å². The Morgan fingerprint density at radius 1 is 1.70 bits per heavy atom. The highest BCUT2D eigenvalue weighted by molar-refractivity contribution is 4.71. The maximum atomic E-state index is 5.09. The molecule has 60 valence electrons. The lowest BCUT2D eigenvalue weighted by Gasteiger charge is -2.09. The quantitative estimate of drug-likeness (QED) is 0.568. The lowest BCUT2D eigenvalue weighted by molar-refractivity contribution is 0.0340. The van der Waals surface area contributed by atoms with Crippen molar-refractivity contribution in [2.45, 2.75) is 6.42 Å². The highest BCUT2D eigenvalue weighted by Gasteiger charge is 2.18. The van der Waals surface area contributed by atoms with Crippen molar-refractivity contribution in [3.8, 4) is 0 Å². The number of nitrogens with one attached hydrogen (secondary N) is 1. The highest BCUT2D eigenvalue weighted by atomic mass is 16.6. The summed E-state index contributed by atoms with van der Waals surface area (Å²) in [4.78, 5) is 7.43. The van der Waals surface area contributed by atoms with Gasteiger partial charge in [-0.25, -0.2) is 5.48 Å². The van der Waals surface area contributed by atoms with E-state index < -0.39 is 0 Å². The number of hydroxylamine groups is 1. The molecule has 1 heterocycles. The highest BCUT2D eigenvalue weighted by Crippen LogP contribution is 2.13. The average Bonchev–Trinajstić information content (AvgIpc) is 2.31. The normalized spacial score (nSPS) is 27.6. The van der Waals surface area contributed by atoms with Crippen LogP contribution in [-0.4, -0.2) is 38.7 Å². The van der Waals surface area contributed by atoms with Crippen LogP contribution in [0.15, 0.2) is 0 Å². The van der Waals surface area contributed by atoms with Crippen LogP contribution in [0.2, 0.25) is 0 Å². The third-order valence-corrected chi connectivity index (χ3v) is 1.95. The van der Waals surface area contributed by atoms with E-state index in [0.29, 0.717) is 0 Å². The molecular formula is C7H16N2O. The molecule has 1 aliphatic rings. The zero-order valence-electron chi connectivity index (χ0n) is 6.76. The van der Waals surface area contributed by atoms with Gasteiger partial charge in [-0.05, 0) is 25.9 Å². The minimum absolute atomic E-state index is 0.734. The average molecular weight is 144 g/mol. The lowest BCUT2D eigenvalue weighted by atomic mass is 10.1. The molecule has 0 bridgehead atoms. The molecule has 0 aromatic carbocycles. The summed E-state index contributed by atoms with van der Waals surface area (Å²) in [6.45, 7) is 3.25. The van der Waals surface area contributed by atoms with E-state index in [1.165, 1.54) is 19.5 Å². The van der Waals surface area contributed by atoms with Gasteiger partial charge >= 0.3 is 0 Å². The summed E-state index contributed by atoms with van der Waals surface area (Å²) in [6.07, 6.45) is 1.28. The number of hydrogen-bond acceptors (Lipinski definition) is 3. The van der Waals surface area contributed by atoms with Crippen molar-refractivity contribution in [2.75, 3.05) is 33.8 Å². The predicted molar refractivity (Wildman–Crippen MR) is 40.6 cm³/mol. The number of rotatable bonds is 3. The molecule has 3 nitrogen and oxygen atoms in total. The Hall–Kier alpha value is -0.120. The van der Waals surface area contributed by atoms with E-state index in [0.717, 1.165) is 12.5 Å². The topological polar surface area (TPSA) is 24.5 Å². The fourth-order valence-corrected chi connectivity index (χ4v) is 1.36. The molecule has 1 N–H and O–H groups in total. The van der Waals surface area contributed by atoms with Crippen LogP contribution < -0.4 is 5.48 Å². The summed E-state index contributed by atoms with van der Waals surface area (Å²) in [6, 6.07) is 0. The molecule has 0 radical (unpaired) electrons. The van der Waals surface area contributed by atoms with Crippen molar-refractivity contribution < 1.29 is 4.84 Å². The standard InChI is InChI=1S/C7H16N2O/c1-8-10-6-7-3-4-9(2)5-7/h7-8H,3-6H2,1-2H3/t7-/m0/s1. The Kier molecular flexibility index (Phi) is 3.12. The van der Waals surface area contributed by atoms with Crippen molar-refractivity contribution in [3.63, 3.8) is 0 Å². The van der Waals surface area contributed by atoms with Crippen molar-refractivity contribution in [1.82, 2.24) is 10.4 Å². The van der Waals surface area contributed by atoms with Gasteiger partial charge in [-0.1, -0.05) is 0 Å². The maximum absolute atomic E-state index is 5.09. The van der Waals surface area contributed by atoms with Crippen molar-refractivity contribution in [2.24, 2.45) is 5.92 Å². The van der Waals surface area contributed by atoms with Gasteiger partial charge < -0.3 is 9.74 Å². The van der Waals surface area contributed by atoms with E-state index >= 15 is 0 Å². The lowest BCUT2D eigenvalue weighted by Crippen LogP contribution is -2.19. The van der Waals surface area contributed by atoms with E-state index in [-0.39, 0.29) is 0 Å². The van der Waals surface area contributed by atoms with Gasteiger partial charge in [-0.15, -0.1) is 0 Å². The second-order valence-corrected chi connectivity index (χ2v) is 2.93. The monoisotopic (exact) mass is 144 g/mol. The molecule has 1 fully saturated rings. The SMILES string of the molecule is CNOC[C@H]1CCN(C)C1. The molecule has 0 unspecified atom stereocenters. The van der Waals surface area contributed by atoms with Gasteiger partial charge in [0.05, 0.1) is 6.61 Å². The fraction of sp³-hybridized carbons (Fsp3) is 1.00. The Bertz CT molecular complexity index is 97.6. The molecule has 1 rings (SSSR count). The van der Waals surface area contributed by atoms with Gasteiger partial charge in [0.25, 0.3) is 0 Å². The van der Waals surface area contributed by atoms with Crippen LogP contribution in [0.4, 0.5) is 0 Å². The minimum atomic E-state index is 0.734. The van der Waals surface area contributed by atoms with Crippen LogP contribution in [0.25, 0.3) is 0 Å². The second-order valence-electron chi connectivity index (χ2n) is 2.93.